The van der Waals surface area contributed by atoms with Crippen LogP contribution in [-0.4, -0.2) is 49.1 Å². The molecular formula is C35H45F3N4O6Si. The van der Waals surface area contributed by atoms with Gasteiger partial charge in [-0.1, -0.05) is 95.3 Å². The fraction of sp³-hybridized carbons (Fsp3) is 0.429. The highest BCUT2D eigenvalue weighted by Gasteiger charge is 2.52. The van der Waals surface area contributed by atoms with Gasteiger partial charge in [-0.3, -0.25) is 19.7 Å². The number of hydrogen-bond donors (Lipinski definition) is 3. The van der Waals surface area contributed by atoms with Gasteiger partial charge < -0.3 is 24.4 Å². The molecule has 266 valence electrons. The number of nitrogens with zero attached hydrogens (tertiary/aromatic N) is 1. The zero-order chi connectivity index (χ0) is 36.6. The lowest BCUT2D eigenvalue weighted by Crippen LogP contribution is -2.59. The summed E-state index contributed by atoms with van der Waals surface area (Å²) >= 11 is 0. The molecule has 0 aliphatic carbocycles. The SMILES string of the molecule is CC(C)C(NC(=O)Cn1ccc(C(=O)NCc2ccccc2)c(NC(=O)OCc2ccccc2)c1=O)C(O[Si](C)(C)C(C)(C)C)C(F)(F)F. The van der Waals surface area contributed by atoms with E-state index in [0.29, 0.717) is 5.56 Å². The van der Waals surface area contributed by atoms with Crippen LogP contribution in [0.15, 0.2) is 77.7 Å². The van der Waals surface area contributed by atoms with Crippen LogP contribution >= 0.6 is 0 Å². The molecule has 49 heavy (non-hydrogen) atoms. The minimum absolute atomic E-state index is 0.122. The van der Waals surface area contributed by atoms with Gasteiger partial charge in [0.1, 0.15) is 18.8 Å². The summed E-state index contributed by atoms with van der Waals surface area (Å²) in [7, 11) is -2.93. The zero-order valence-electron chi connectivity index (χ0n) is 28.8. The summed E-state index contributed by atoms with van der Waals surface area (Å²) in [5.41, 5.74) is -0.143. The number of alkyl halides is 3. The van der Waals surface area contributed by atoms with E-state index in [0.717, 1.165) is 16.3 Å². The molecule has 0 saturated heterocycles. The Bertz CT molecular complexity index is 1640. The van der Waals surface area contributed by atoms with E-state index in [1.54, 1.807) is 67.7 Å². The van der Waals surface area contributed by atoms with E-state index in [-0.39, 0.29) is 18.7 Å². The number of hydrogen-bond acceptors (Lipinski definition) is 6. The summed E-state index contributed by atoms with van der Waals surface area (Å²) in [6.07, 6.45) is -6.95. The van der Waals surface area contributed by atoms with Gasteiger partial charge in [-0.05, 0) is 41.2 Å². The summed E-state index contributed by atoms with van der Waals surface area (Å²) in [6.45, 7) is 11.2. The van der Waals surface area contributed by atoms with Gasteiger partial charge in [0.25, 0.3) is 11.5 Å². The van der Waals surface area contributed by atoms with Crippen LogP contribution in [0.2, 0.25) is 18.1 Å². The molecule has 1 heterocycles. The Kier molecular flexibility index (Phi) is 13.0. The van der Waals surface area contributed by atoms with Crippen LogP contribution in [-0.2, 0) is 33.7 Å². The predicted molar refractivity (Wildman–Crippen MR) is 183 cm³/mol. The molecule has 0 aliphatic heterocycles. The number of carbonyl (C=O) groups excluding carboxylic acids is 3. The van der Waals surface area contributed by atoms with Crippen molar-refractivity contribution in [2.24, 2.45) is 5.92 Å². The van der Waals surface area contributed by atoms with Crippen LogP contribution in [0.5, 0.6) is 0 Å². The van der Waals surface area contributed by atoms with Crippen molar-refractivity contribution in [2.75, 3.05) is 5.32 Å². The van der Waals surface area contributed by atoms with Crippen molar-refractivity contribution in [3.05, 3.63) is 100.0 Å². The lowest BCUT2D eigenvalue weighted by molar-refractivity contribution is -0.210. The largest absolute Gasteiger partial charge is 0.444 e. The van der Waals surface area contributed by atoms with Crippen molar-refractivity contribution in [3.8, 4) is 0 Å². The molecule has 0 spiro atoms. The number of pyridine rings is 1. The maximum absolute atomic E-state index is 14.4. The Balaban J connectivity index is 1.89. The van der Waals surface area contributed by atoms with E-state index in [9.17, 15) is 32.3 Å². The second-order valence-corrected chi connectivity index (χ2v) is 18.3. The van der Waals surface area contributed by atoms with Crippen molar-refractivity contribution in [1.82, 2.24) is 15.2 Å². The molecule has 0 saturated carbocycles. The molecule has 0 aliphatic rings. The number of ether oxygens (including phenoxy) is 1. The van der Waals surface area contributed by atoms with Crippen molar-refractivity contribution in [3.63, 3.8) is 0 Å². The third-order valence-corrected chi connectivity index (χ3v) is 12.8. The number of nitrogens with one attached hydrogen (secondary N) is 3. The number of aromatic nitrogens is 1. The summed E-state index contributed by atoms with van der Waals surface area (Å²) in [5, 5.41) is 6.92. The van der Waals surface area contributed by atoms with Gasteiger partial charge in [0.05, 0.1) is 11.6 Å². The Morgan fingerprint density at radius 3 is 2.00 bits per heavy atom. The normalized spacial score (nSPS) is 13.4. The van der Waals surface area contributed by atoms with Gasteiger partial charge in [-0.15, -0.1) is 0 Å². The molecule has 3 aromatic rings. The molecule has 3 rings (SSSR count). The average molecular weight is 703 g/mol. The standard InChI is InChI=1S/C35H45F3N4O6Si/c1-23(2)28(30(35(36,37)38)48-49(6,7)34(3,4)5)40-27(43)21-42-19-18-26(31(44)39-20-24-14-10-8-11-15-24)29(32(42)45)41-33(46)47-22-25-16-12-9-13-17-25/h8-19,23,28,30H,20-22H2,1-7H3,(H,39,44)(H,40,43)(H,41,46). The molecule has 2 atom stereocenters. The molecular weight excluding hydrogens is 657 g/mol. The highest BCUT2D eigenvalue weighted by atomic mass is 28.4. The molecule has 2 aromatic carbocycles. The van der Waals surface area contributed by atoms with Crippen LogP contribution in [0.4, 0.5) is 23.7 Å². The number of amides is 3. The highest BCUT2D eigenvalue weighted by molar-refractivity contribution is 6.74. The second kappa shape index (κ2) is 16.3. The minimum Gasteiger partial charge on any atom is -0.444 e. The third kappa shape index (κ3) is 11.0. The Morgan fingerprint density at radius 2 is 1.47 bits per heavy atom. The molecule has 3 N–H and O–H groups in total. The van der Waals surface area contributed by atoms with E-state index >= 15 is 0 Å². The Hall–Kier alpha value is -4.43. The first-order valence-electron chi connectivity index (χ1n) is 15.9. The predicted octanol–water partition coefficient (Wildman–Crippen LogP) is 6.62. The van der Waals surface area contributed by atoms with Crippen molar-refractivity contribution < 1.29 is 36.7 Å². The fourth-order valence-electron chi connectivity index (χ4n) is 4.56. The van der Waals surface area contributed by atoms with Crippen LogP contribution in [0.3, 0.4) is 0 Å². The lowest BCUT2D eigenvalue weighted by atomic mass is 9.98. The summed E-state index contributed by atoms with van der Waals surface area (Å²) < 4.78 is 55.2. The average Bonchev–Trinajstić information content (AvgIpc) is 3.02. The monoisotopic (exact) mass is 702 g/mol. The number of halogens is 3. The summed E-state index contributed by atoms with van der Waals surface area (Å²) in [6, 6.07) is 17.5. The van der Waals surface area contributed by atoms with E-state index in [4.69, 9.17) is 9.16 Å². The first kappa shape index (κ1) is 39.0. The maximum atomic E-state index is 14.4. The summed E-state index contributed by atoms with van der Waals surface area (Å²) in [5.74, 6) is -2.27. The van der Waals surface area contributed by atoms with Gasteiger partial charge in [-0.25, -0.2) is 4.79 Å². The third-order valence-electron chi connectivity index (χ3n) is 8.38. The van der Waals surface area contributed by atoms with Gasteiger partial charge >= 0.3 is 12.3 Å². The molecule has 0 fully saturated rings. The lowest BCUT2D eigenvalue weighted by Gasteiger charge is -2.42. The number of rotatable bonds is 13. The quantitative estimate of drug-likeness (QED) is 0.172. The molecule has 0 bridgehead atoms. The van der Waals surface area contributed by atoms with Gasteiger partial charge in [0.2, 0.25) is 5.91 Å². The first-order valence-corrected chi connectivity index (χ1v) is 18.8. The number of carbonyl (C=O) groups is 3. The molecule has 2 unspecified atom stereocenters. The molecule has 0 radical (unpaired) electrons. The second-order valence-electron chi connectivity index (χ2n) is 13.6. The summed E-state index contributed by atoms with van der Waals surface area (Å²) in [4.78, 5) is 52.9. The van der Waals surface area contributed by atoms with E-state index in [2.05, 4.69) is 16.0 Å². The molecule has 14 heteroatoms. The van der Waals surface area contributed by atoms with E-state index in [1.807, 2.05) is 26.8 Å². The topological polar surface area (TPSA) is 128 Å². The van der Waals surface area contributed by atoms with Gasteiger partial charge in [0, 0.05) is 12.7 Å². The number of anilines is 1. The fourth-order valence-corrected chi connectivity index (χ4v) is 5.83. The molecule has 1 aromatic heterocycles. The van der Waals surface area contributed by atoms with E-state index in [1.165, 1.54) is 19.9 Å². The van der Waals surface area contributed by atoms with Crippen LogP contribution < -0.4 is 21.5 Å². The van der Waals surface area contributed by atoms with Crippen LogP contribution in [0.25, 0.3) is 0 Å². The van der Waals surface area contributed by atoms with Crippen LogP contribution in [0, 0.1) is 5.92 Å². The molecule has 10 nitrogen and oxygen atoms in total. The first-order chi connectivity index (χ1) is 22.8. The molecule has 3 amide bonds. The van der Waals surface area contributed by atoms with Crippen LogP contribution in [0.1, 0.15) is 56.1 Å². The Morgan fingerprint density at radius 1 is 0.898 bits per heavy atom. The number of benzene rings is 2. The van der Waals surface area contributed by atoms with Crippen molar-refractivity contribution >= 4 is 31.9 Å². The zero-order valence-corrected chi connectivity index (χ0v) is 29.8. The van der Waals surface area contributed by atoms with E-state index < -0.39 is 73.3 Å². The van der Waals surface area contributed by atoms with Gasteiger partial charge in [0.15, 0.2) is 14.4 Å². The maximum Gasteiger partial charge on any atom is 0.415 e. The highest BCUT2D eigenvalue weighted by Crippen LogP contribution is 2.41. The van der Waals surface area contributed by atoms with Crippen molar-refractivity contribution in [1.29, 1.82) is 0 Å². The van der Waals surface area contributed by atoms with Crippen molar-refractivity contribution in [2.45, 2.75) is 90.8 Å². The van der Waals surface area contributed by atoms with Gasteiger partial charge in [-0.2, -0.15) is 13.2 Å². The smallest absolute Gasteiger partial charge is 0.415 e. The Labute approximate surface area is 285 Å². The minimum atomic E-state index is -4.79.